The highest BCUT2D eigenvalue weighted by molar-refractivity contribution is 5.79. The van der Waals surface area contributed by atoms with Crippen LogP contribution in [0.3, 0.4) is 0 Å². The number of carbonyl (C=O) groups is 1. The topological polar surface area (TPSA) is 62.0 Å². The summed E-state index contributed by atoms with van der Waals surface area (Å²) in [5.74, 6) is 5.61. The second-order valence-corrected chi connectivity index (χ2v) is 3.81. The van der Waals surface area contributed by atoms with E-state index in [0.29, 0.717) is 11.9 Å². The lowest BCUT2D eigenvalue weighted by Gasteiger charge is -1.97. The predicted octanol–water partition coefficient (Wildman–Crippen LogP) is 1.02. The van der Waals surface area contributed by atoms with E-state index >= 15 is 0 Å². The normalized spacial score (nSPS) is 9.61. The summed E-state index contributed by atoms with van der Waals surface area (Å²) in [5.41, 5.74) is 1.51. The number of nitrogens with one attached hydrogen (secondary N) is 2. The molecule has 0 aliphatic rings. The molecule has 90 valence electrons. The minimum Gasteiger partial charge on any atom is -0.361 e. The zero-order valence-electron chi connectivity index (χ0n) is 9.91. The van der Waals surface area contributed by atoms with Gasteiger partial charge in [0.1, 0.15) is 0 Å². The number of benzene rings is 1. The number of aromatic nitrogens is 1. The van der Waals surface area contributed by atoms with Crippen LogP contribution < -0.4 is 10.7 Å². The highest BCUT2D eigenvalue weighted by Crippen LogP contribution is 2.08. The number of aromatic amines is 1. The molecule has 0 fully saturated rings. The van der Waals surface area contributed by atoms with Crippen LogP contribution in [-0.2, 0) is 4.79 Å². The van der Waals surface area contributed by atoms with Crippen molar-refractivity contribution in [3.05, 3.63) is 46.2 Å². The lowest BCUT2D eigenvalue weighted by Crippen LogP contribution is -2.19. The molecule has 0 aliphatic carbocycles. The van der Waals surface area contributed by atoms with Gasteiger partial charge in [-0.3, -0.25) is 9.59 Å². The summed E-state index contributed by atoms with van der Waals surface area (Å²) in [4.78, 5) is 25.3. The molecule has 2 aromatic rings. The lowest BCUT2D eigenvalue weighted by atomic mass is 10.1. The fourth-order valence-electron chi connectivity index (χ4n) is 1.56. The van der Waals surface area contributed by atoms with E-state index in [1.807, 2.05) is 12.1 Å². The summed E-state index contributed by atoms with van der Waals surface area (Å²) in [5, 5.41) is 3.20. The third-order valence-electron chi connectivity index (χ3n) is 2.42. The highest BCUT2D eigenvalue weighted by Gasteiger charge is 1.97. The summed E-state index contributed by atoms with van der Waals surface area (Å²) in [6.07, 6.45) is 1.62. The van der Waals surface area contributed by atoms with Gasteiger partial charge in [-0.25, -0.2) is 0 Å². The Morgan fingerprint density at radius 2 is 2.22 bits per heavy atom. The smallest absolute Gasteiger partial charge is 0.217 e. The Bertz CT molecular complexity index is 705. The van der Waals surface area contributed by atoms with Crippen molar-refractivity contribution in [3.63, 3.8) is 0 Å². The van der Waals surface area contributed by atoms with Gasteiger partial charge < -0.3 is 10.3 Å². The van der Waals surface area contributed by atoms with E-state index in [1.165, 1.54) is 13.0 Å². The van der Waals surface area contributed by atoms with E-state index in [0.717, 1.165) is 11.1 Å². The number of rotatable bonds is 1. The molecule has 0 saturated heterocycles. The molecule has 0 saturated carbocycles. The van der Waals surface area contributed by atoms with Gasteiger partial charge in [-0.1, -0.05) is 11.8 Å². The fourth-order valence-corrected chi connectivity index (χ4v) is 1.56. The van der Waals surface area contributed by atoms with E-state index < -0.39 is 0 Å². The Labute approximate surface area is 104 Å². The quantitative estimate of drug-likeness (QED) is 0.731. The molecule has 0 radical (unpaired) electrons. The maximum Gasteiger partial charge on any atom is 0.217 e. The van der Waals surface area contributed by atoms with Crippen molar-refractivity contribution < 1.29 is 4.79 Å². The average molecular weight is 240 g/mol. The summed E-state index contributed by atoms with van der Waals surface area (Å²) in [7, 11) is 0. The Balaban J connectivity index is 2.27. The Morgan fingerprint density at radius 3 is 3.00 bits per heavy atom. The predicted molar refractivity (Wildman–Crippen MR) is 70.1 cm³/mol. The maximum atomic E-state index is 11.6. The summed E-state index contributed by atoms with van der Waals surface area (Å²) < 4.78 is 0. The molecule has 4 heteroatoms. The van der Waals surface area contributed by atoms with Crippen LogP contribution in [0.2, 0.25) is 0 Å². The van der Waals surface area contributed by atoms with Crippen LogP contribution in [0, 0.1) is 11.8 Å². The molecule has 2 rings (SSSR count). The molecule has 0 atom stereocenters. The number of H-pyrrole nitrogens is 1. The average Bonchev–Trinajstić information content (AvgIpc) is 2.35. The molecule has 0 spiro atoms. The van der Waals surface area contributed by atoms with Gasteiger partial charge in [-0.2, -0.15) is 0 Å². The first-order chi connectivity index (χ1) is 8.66. The van der Waals surface area contributed by atoms with Crippen molar-refractivity contribution in [3.8, 4) is 11.8 Å². The van der Waals surface area contributed by atoms with E-state index in [1.54, 1.807) is 12.3 Å². The largest absolute Gasteiger partial charge is 0.361 e. The molecular formula is C14H12N2O2. The molecule has 18 heavy (non-hydrogen) atoms. The van der Waals surface area contributed by atoms with Gasteiger partial charge >= 0.3 is 0 Å². The molecule has 0 bridgehead atoms. The number of amides is 1. The van der Waals surface area contributed by atoms with E-state index in [-0.39, 0.29) is 11.3 Å². The van der Waals surface area contributed by atoms with Crippen molar-refractivity contribution in [1.82, 2.24) is 10.3 Å². The van der Waals surface area contributed by atoms with Crippen LogP contribution in [0.4, 0.5) is 0 Å². The second kappa shape index (κ2) is 5.19. The fraction of sp³-hybridized carbons (Fsp3) is 0.143. The third kappa shape index (κ3) is 2.77. The Kier molecular flexibility index (Phi) is 3.44. The summed E-state index contributed by atoms with van der Waals surface area (Å²) in [6.45, 7) is 1.75. The highest BCUT2D eigenvalue weighted by atomic mass is 16.1. The van der Waals surface area contributed by atoms with Crippen LogP contribution in [0.25, 0.3) is 10.9 Å². The maximum absolute atomic E-state index is 11.6. The van der Waals surface area contributed by atoms with Crippen molar-refractivity contribution in [2.24, 2.45) is 0 Å². The van der Waals surface area contributed by atoms with Gasteiger partial charge in [0, 0.05) is 35.7 Å². The molecule has 0 unspecified atom stereocenters. The van der Waals surface area contributed by atoms with Crippen LogP contribution in [-0.4, -0.2) is 17.4 Å². The van der Waals surface area contributed by atoms with Crippen molar-refractivity contribution >= 4 is 16.8 Å². The number of carbonyl (C=O) groups excluding carboxylic acids is 1. The van der Waals surface area contributed by atoms with Gasteiger partial charge in [-0.15, -0.1) is 0 Å². The summed E-state index contributed by atoms with van der Waals surface area (Å²) >= 11 is 0. The van der Waals surface area contributed by atoms with Gasteiger partial charge in [0.05, 0.1) is 6.54 Å². The second-order valence-electron chi connectivity index (χ2n) is 3.81. The van der Waals surface area contributed by atoms with Gasteiger partial charge in [-0.05, 0) is 18.2 Å². The lowest BCUT2D eigenvalue weighted by molar-refractivity contribution is -0.118. The molecule has 2 N–H and O–H groups in total. The first-order valence-corrected chi connectivity index (χ1v) is 5.51. The molecule has 4 nitrogen and oxygen atoms in total. The van der Waals surface area contributed by atoms with Crippen molar-refractivity contribution in [2.45, 2.75) is 6.92 Å². The number of hydrogen-bond acceptors (Lipinski definition) is 2. The minimum absolute atomic E-state index is 0.0331. The monoisotopic (exact) mass is 240 g/mol. The Morgan fingerprint density at radius 1 is 1.39 bits per heavy atom. The molecule has 1 aromatic carbocycles. The first-order valence-electron chi connectivity index (χ1n) is 5.51. The number of fused-ring (bicyclic) bond motifs is 1. The molecular weight excluding hydrogens is 228 g/mol. The van der Waals surface area contributed by atoms with Crippen molar-refractivity contribution in [2.75, 3.05) is 6.54 Å². The SMILES string of the molecule is CC(=O)NCC#Cc1ccc2[nH]ccc(=O)c2c1. The van der Waals surface area contributed by atoms with Gasteiger partial charge in [0.15, 0.2) is 5.43 Å². The standard InChI is InChI=1S/C14H12N2O2/c1-10(17)15-7-2-3-11-4-5-13-12(9-11)14(18)6-8-16-13/h4-6,8-9H,7H2,1H3,(H,15,17)(H,16,18). The third-order valence-corrected chi connectivity index (χ3v) is 2.42. The van der Waals surface area contributed by atoms with Gasteiger partial charge in [0.2, 0.25) is 5.91 Å². The van der Waals surface area contributed by atoms with Crippen LogP contribution >= 0.6 is 0 Å². The van der Waals surface area contributed by atoms with Crippen molar-refractivity contribution in [1.29, 1.82) is 0 Å². The molecule has 1 aromatic heterocycles. The van der Waals surface area contributed by atoms with Gasteiger partial charge in [0.25, 0.3) is 0 Å². The summed E-state index contributed by atoms with van der Waals surface area (Å²) in [6, 6.07) is 6.88. The number of pyridine rings is 1. The molecule has 1 amide bonds. The minimum atomic E-state index is -0.112. The van der Waals surface area contributed by atoms with E-state index in [4.69, 9.17) is 0 Å². The van der Waals surface area contributed by atoms with E-state index in [9.17, 15) is 9.59 Å². The number of hydrogen-bond donors (Lipinski definition) is 2. The molecule has 1 heterocycles. The zero-order chi connectivity index (χ0) is 13.0. The van der Waals surface area contributed by atoms with Crippen LogP contribution in [0.15, 0.2) is 35.3 Å². The zero-order valence-corrected chi connectivity index (χ0v) is 9.91. The Hall–Kier alpha value is -2.54. The molecule has 0 aliphatic heterocycles. The van der Waals surface area contributed by atoms with E-state index in [2.05, 4.69) is 22.1 Å². The van der Waals surface area contributed by atoms with Crippen LogP contribution in [0.5, 0.6) is 0 Å². The van der Waals surface area contributed by atoms with Crippen LogP contribution in [0.1, 0.15) is 12.5 Å². The first kappa shape index (κ1) is 11.9.